The molecule has 0 aromatic heterocycles. The molecule has 1 saturated carbocycles. The lowest BCUT2D eigenvalue weighted by Crippen LogP contribution is -2.35. The van der Waals surface area contributed by atoms with Gasteiger partial charge in [-0.3, -0.25) is 9.59 Å². The van der Waals surface area contributed by atoms with Crippen LogP contribution in [0.5, 0.6) is 11.5 Å². The van der Waals surface area contributed by atoms with Gasteiger partial charge >= 0.3 is 11.9 Å². The number of carbonyl (C=O) groups is 2. The number of rotatable bonds is 26. The number of fused-ring (bicyclic) bond motifs is 2. The summed E-state index contributed by atoms with van der Waals surface area (Å²) in [7, 11) is 0. The Morgan fingerprint density at radius 3 is 1.05 bits per heavy atom. The smallest absolute Gasteiger partial charge is 0.310 e. The van der Waals surface area contributed by atoms with Gasteiger partial charge in [0.1, 0.15) is 11.5 Å². The molecule has 1 fully saturated rings. The van der Waals surface area contributed by atoms with E-state index in [-0.39, 0.29) is 23.8 Å². The van der Waals surface area contributed by atoms with Crippen molar-refractivity contribution in [2.75, 3.05) is 26.4 Å². The van der Waals surface area contributed by atoms with E-state index in [0.717, 1.165) is 130 Å². The molecule has 0 radical (unpaired) electrons. The molecule has 0 spiro atoms. The first-order chi connectivity index (χ1) is 30.0. The van der Waals surface area contributed by atoms with Crippen molar-refractivity contribution in [3.05, 3.63) is 120 Å². The molecule has 8 nitrogen and oxygen atoms in total. The minimum atomic E-state index is -0.428. The van der Waals surface area contributed by atoms with Crippen LogP contribution in [-0.4, -0.2) is 38.4 Å². The average molecular weight is 821 g/mol. The zero-order chi connectivity index (χ0) is 42.5. The van der Waals surface area contributed by atoms with E-state index in [4.69, 9.17) is 29.5 Å². The van der Waals surface area contributed by atoms with Gasteiger partial charge in [0, 0.05) is 0 Å². The number of nitriles is 2. The molecular formula is C53H60N2O6. The molecule has 6 rings (SSSR count). The van der Waals surface area contributed by atoms with Crippen LogP contribution in [0.3, 0.4) is 0 Å². The Labute approximate surface area is 362 Å². The second-order valence-corrected chi connectivity index (χ2v) is 16.4. The van der Waals surface area contributed by atoms with Crippen LogP contribution < -0.4 is 9.47 Å². The Bertz CT molecular complexity index is 1910. The molecular weight excluding hydrogens is 761 g/mol. The van der Waals surface area contributed by atoms with E-state index in [1.807, 2.05) is 97.1 Å². The number of nitrogens with zero attached hydrogens (tertiary/aromatic N) is 2. The second kappa shape index (κ2) is 24.4. The molecule has 4 unspecified atom stereocenters. The number of carbonyl (C=O) groups excluding carboxylic acids is 2. The highest BCUT2D eigenvalue weighted by atomic mass is 16.5. The molecule has 2 aliphatic rings. The van der Waals surface area contributed by atoms with Gasteiger partial charge in [-0.15, -0.1) is 0 Å². The quantitative estimate of drug-likeness (QED) is 0.0349. The summed E-state index contributed by atoms with van der Waals surface area (Å²) in [6.45, 7) is 2.19. The van der Waals surface area contributed by atoms with Crippen molar-refractivity contribution in [2.45, 2.75) is 96.3 Å². The SMILES string of the molecule is N#Cc1ccc(-c2ccc(OCCCCCCCCCOC(=O)C3C4C=CC(C4)C3C(=O)OCCCCCCCCCOc3ccc(-c4ccc(C#N)cc4)cc3)cc2)cc1. The summed E-state index contributed by atoms with van der Waals surface area (Å²) >= 11 is 0. The molecule has 0 heterocycles. The number of hydrogen-bond acceptors (Lipinski definition) is 8. The molecule has 2 aliphatic carbocycles. The minimum Gasteiger partial charge on any atom is -0.494 e. The zero-order valence-corrected chi connectivity index (χ0v) is 35.5. The van der Waals surface area contributed by atoms with Crippen LogP contribution in [0.25, 0.3) is 22.3 Å². The second-order valence-electron chi connectivity index (χ2n) is 16.4. The Balaban J connectivity index is 0.739. The summed E-state index contributed by atoms with van der Waals surface area (Å²) in [4.78, 5) is 26.4. The first-order valence-corrected chi connectivity index (χ1v) is 22.5. The summed E-state index contributed by atoms with van der Waals surface area (Å²) in [6.07, 6.45) is 19.8. The minimum absolute atomic E-state index is 0.0679. The predicted molar refractivity (Wildman–Crippen MR) is 238 cm³/mol. The van der Waals surface area contributed by atoms with Gasteiger partial charge in [-0.2, -0.15) is 10.5 Å². The predicted octanol–water partition coefficient (Wildman–Crippen LogP) is 12.2. The fourth-order valence-corrected chi connectivity index (χ4v) is 8.52. The highest BCUT2D eigenvalue weighted by Crippen LogP contribution is 2.49. The Morgan fingerprint density at radius 1 is 0.426 bits per heavy atom. The molecule has 8 heteroatoms. The van der Waals surface area contributed by atoms with Gasteiger partial charge < -0.3 is 18.9 Å². The largest absolute Gasteiger partial charge is 0.494 e. The van der Waals surface area contributed by atoms with E-state index in [1.54, 1.807) is 0 Å². The summed E-state index contributed by atoms with van der Waals surface area (Å²) in [6, 6.07) is 35.6. The number of ether oxygens (including phenoxy) is 4. The van der Waals surface area contributed by atoms with Crippen LogP contribution in [-0.2, 0) is 19.1 Å². The van der Waals surface area contributed by atoms with Crippen molar-refractivity contribution in [1.29, 1.82) is 10.5 Å². The highest BCUT2D eigenvalue weighted by molar-refractivity contribution is 5.84. The Morgan fingerprint density at radius 2 is 0.721 bits per heavy atom. The molecule has 0 aliphatic heterocycles. The number of benzene rings is 4. The number of esters is 2. The monoisotopic (exact) mass is 820 g/mol. The van der Waals surface area contributed by atoms with Crippen LogP contribution in [0.15, 0.2) is 109 Å². The maximum absolute atomic E-state index is 13.2. The molecule has 0 amide bonds. The van der Waals surface area contributed by atoms with E-state index >= 15 is 0 Å². The molecule has 4 aromatic rings. The van der Waals surface area contributed by atoms with Gasteiger partial charge in [0.15, 0.2) is 0 Å². The molecule has 0 N–H and O–H groups in total. The number of unbranched alkanes of at least 4 members (excludes halogenated alkanes) is 12. The van der Waals surface area contributed by atoms with E-state index in [0.29, 0.717) is 37.6 Å². The maximum Gasteiger partial charge on any atom is 0.310 e. The third kappa shape index (κ3) is 13.8. The topological polar surface area (TPSA) is 119 Å². The van der Waals surface area contributed by atoms with Crippen LogP contribution in [0, 0.1) is 46.3 Å². The molecule has 61 heavy (non-hydrogen) atoms. The van der Waals surface area contributed by atoms with Gasteiger partial charge in [-0.1, -0.05) is 125 Å². The molecule has 4 aromatic carbocycles. The number of allylic oxidation sites excluding steroid dienone is 2. The summed E-state index contributed by atoms with van der Waals surface area (Å²) in [5.74, 6) is 0.523. The van der Waals surface area contributed by atoms with Crippen molar-refractivity contribution in [2.24, 2.45) is 23.7 Å². The summed E-state index contributed by atoms with van der Waals surface area (Å²) in [5.41, 5.74) is 5.67. The molecule has 318 valence electrons. The lowest BCUT2D eigenvalue weighted by atomic mass is 9.83. The van der Waals surface area contributed by atoms with E-state index < -0.39 is 11.8 Å². The van der Waals surface area contributed by atoms with Gasteiger partial charge in [0.25, 0.3) is 0 Å². The van der Waals surface area contributed by atoms with E-state index in [2.05, 4.69) is 24.3 Å². The summed E-state index contributed by atoms with van der Waals surface area (Å²) < 4.78 is 23.3. The molecule has 0 saturated heterocycles. The highest BCUT2D eigenvalue weighted by Gasteiger charge is 2.53. The first-order valence-electron chi connectivity index (χ1n) is 22.5. The third-order valence-electron chi connectivity index (χ3n) is 12.0. The molecule has 4 atom stereocenters. The fraction of sp³-hybridized carbons (Fsp3) is 0.434. The van der Waals surface area contributed by atoms with Crippen LogP contribution in [0.1, 0.15) is 107 Å². The fourth-order valence-electron chi connectivity index (χ4n) is 8.52. The van der Waals surface area contributed by atoms with Gasteiger partial charge in [-0.05, 0) is 115 Å². The van der Waals surface area contributed by atoms with Crippen molar-refractivity contribution >= 4 is 11.9 Å². The van der Waals surface area contributed by atoms with Crippen LogP contribution in [0.2, 0.25) is 0 Å². The standard InChI is InChI=1S/C53H60N2O6/c54-38-40-15-19-42(20-16-40)44-25-29-48(30-26-44)58-33-11-7-3-1-5-9-13-35-60-52(56)50-46-23-24-47(37-46)51(50)53(57)61-36-14-10-6-2-4-8-12-34-59-49-31-27-45(28-32-49)43-21-17-41(39-55)18-22-43/h15-32,46-47,50-51H,1-14,33-37H2. The van der Waals surface area contributed by atoms with Crippen molar-refractivity contribution in [3.8, 4) is 45.9 Å². The van der Waals surface area contributed by atoms with E-state index in [1.165, 1.54) is 0 Å². The molecule has 2 bridgehead atoms. The van der Waals surface area contributed by atoms with Crippen molar-refractivity contribution in [3.63, 3.8) is 0 Å². The van der Waals surface area contributed by atoms with Crippen molar-refractivity contribution in [1.82, 2.24) is 0 Å². The van der Waals surface area contributed by atoms with Crippen LogP contribution in [0.4, 0.5) is 0 Å². The lowest BCUT2D eigenvalue weighted by Gasteiger charge is -2.25. The third-order valence-corrected chi connectivity index (χ3v) is 12.0. The van der Waals surface area contributed by atoms with E-state index in [9.17, 15) is 9.59 Å². The van der Waals surface area contributed by atoms with Gasteiger partial charge in [0.2, 0.25) is 0 Å². The zero-order valence-electron chi connectivity index (χ0n) is 35.5. The first kappa shape index (κ1) is 44.7. The van der Waals surface area contributed by atoms with Gasteiger partial charge in [0.05, 0.1) is 61.5 Å². The maximum atomic E-state index is 13.2. The van der Waals surface area contributed by atoms with Gasteiger partial charge in [-0.25, -0.2) is 0 Å². The van der Waals surface area contributed by atoms with Crippen LogP contribution >= 0.6 is 0 Å². The average Bonchev–Trinajstić information content (AvgIpc) is 3.93. The Kier molecular flexibility index (Phi) is 17.9. The van der Waals surface area contributed by atoms with Crippen molar-refractivity contribution < 1.29 is 28.5 Å². The lowest BCUT2D eigenvalue weighted by molar-refractivity contribution is -0.161. The number of hydrogen-bond donors (Lipinski definition) is 0. The normalized spacial score (nSPS) is 17.3. The Hall–Kier alpha value is -5.86. The summed E-state index contributed by atoms with van der Waals surface area (Å²) in [5, 5.41) is 18.0.